The minimum atomic E-state index is 0.163. The van der Waals surface area contributed by atoms with Crippen molar-refractivity contribution in [3.8, 4) is 6.07 Å². The molecule has 0 aliphatic rings. The van der Waals surface area contributed by atoms with Crippen LogP contribution in [0, 0.1) is 23.2 Å². The van der Waals surface area contributed by atoms with Gasteiger partial charge in [0.25, 0.3) is 0 Å². The van der Waals surface area contributed by atoms with Crippen molar-refractivity contribution in [2.75, 3.05) is 0 Å². The van der Waals surface area contributed by atoms with Crippen LogP contribution >= 0.6 is 0 Å². The highest BCUT2D eigenvalue weighted by molar-refractivity contribution is 5.23. The van der Waals surface area contributed by atoms with E-state index < -0.39 is 0 Å². The molecule has 1 aromatic rings. The quantitative estimate of drug-likeness (QED) is 0.729. The number of nitrogens with zero attached hydrogens (tertiary/aromatic N) is 1. The number of benzene rings is 1. The third-order valence-electron chi connectivity index (χ3n) is 2.82. The second kappa shape index (κ2) is 6.33. The lowest BCUT2D eigenvalue weighted by molar-refractivity contribution is 0.635. The van der Waals surface area contributed by atoms with E-state index in [-0.39, 0.29) is 5.92 Å². The highest BCUT2D eigenvalue weighted by Gasteiger charge is 2.05. The lowest BCUT2D eigenvalue weighted by atomic mass is 9.96. The molecule has 0 N–H and O–H groups in total. The van der Waals surface area contributed by atoms with Crippen LogP contribution in [0.5, 0.6) is 0 Å². The predicted octanol–water partition coefficient (Wildman–Crippen LogP) is 3.98. The molecule has 1 nitrogen and oxygen atoms in total. The molecular formula is C15H21N. The Labute approximate surface area is 99.1 Å². The standard InChI is InChI=1S/C15H21N/c1-4-13(11-16)10-15-7-5-14(6-8-15)9-12(2)3/h5-8,12-13H,4,9-10H2,1-3H3. The Bertz CT molecular complexity index is 343. The molecule has 1 unspecified atom stereocenters. The van der Waals surface area contributed by atoms with Gasteiger partial charge in [0, 0.05) is 0 Å². The van der Waals surface area contributed by atoms with Crippen LogP contribution in [0.15, 0.2) is 24.3 Å². The zero-order valence-electron chi connectivity index (χ0n) is 10.5. The highest BCUT2D eigenvalue weighted by atomic mass is 14.3. The predicted molar refractivity (Wildman–Crippen MR) is 68.1 cm³/mol. The molecule has 1 heteroatoms. The summed E-state index contributed by atoms with van der Waals surface area (Å²) in [7, 11) is 0. The number of rotatable bonds is 5. The first-order chi connectivity index (χ1) is 7.65. The normalized spacial score (nSPS) is 12.4. The monoisotopic (exact) mass is 215 g/mol. The molecule has 1 aromatic carbocycles. The van der Waals surface area contributed by atoms with Crippen molar-refractivity contribution in [2.24, 2.45) is 11.8 Å². The van der Waals surface area contributed by atoms with Gasteiger partial charge in [0.15, 0.2) is 0 Å². The molecule has 0 heterocycles. The van der Waals surface area contributed by atoms with E-state index in [0.29, 0.717) is 5.92 Å². The van der Waals surface area contributed by atoms with Gasteiger partial charge in [0.05, 0.1) is 12.0 Å². The number of hydrogen-bond donors (Lipinski definition) is 0. The Kier molecular flexibility index (Phi) is 5.05. The molecule has 0 spiro atoms. The average molecular weight is 215 g/mol. The van der Waals surface area contributed by atoms with Crippen molar-refractivity contribution in [2.45, 2.75) is 40.0 Å². The Hall–Kier alpha value is -1.29. The van der Waals surface area contributed by atoms with Crippen LogP contribution in [0.4, 0.5) is 0 Å². The van der Waals surface area contributed by atoms with Crippen molar-refractivity contribution < 1.29 is 0 Å². The van der Waals surface area contributed by atoms with E-state index in [0.717, 1.165) is 19.3 Å². The fourth-order valence-electron chi connectivity index (χ4n) is 1.85. The Morgan fingerprint density at radius 2 is 1.56 bits per heavy atom. The fourth-order valence-corrected chi connectivity index (χ4v) is 1.85. The number of hydrogen-bond acceptors (Lipinski definition) is 1. The molecule has 0 radical (unpaired) electrons. The van der Waals surface area contributed by atoms with Crippen molar-refractivity contribution in [3.05, 3.63) is 35.4 Å². The topological polar surface area (TPSA) is 23.8 Å². The van der Waals surface area contributed by atoms with Gasteiger partial charge >= 0.3 is 0 Å². The van der Waals surface area contributed by atoms with Gasteiger partial charge in [-0.3, -0.25) is 0 Å². The molecule has 1 rings (SSSR count). The Balaban J connectivity index is 2.61. The highest BCUT2D eigenvalue weighted by Crippen LogP contribution is 2.14. The third-order valence-corrected chi connectivity index (χ3v) is 2.82. The summed E-state index contributed by atoms with van der Waals surface area (Å²) in [4.78, 5) is 0. The van der Waals surface area contributed by atoms with Gasteiger partial charge < -0.3 is 0 Å². The third kappa shape index (κ3) is 4.06. The van der Waals surface area contributed by atoms with Crippen molar-refractivity contribution in [1.82, 2.24) is 0 Å². The van der Waals surface area contributed by atoms with E-state index in [9.17, 15) is 0 Å². The SMILES string of the molecule is CCC(C#N)Cc1ccc(CC(C)C)cc1. The molecule has 0 saturated heterocycles. The van der Waals surface area contributed by atoms with E-state index in [1.807, 2.05) is 0 Å². The van der Waals surface area contributed by atoms with Gasteiger partial charge in [0.1, 0.15) is 0 Å². The zero-order valence-corrected chi connectivity index (χ0v) is 10.5. The lowest BCUT2D eigenvalue weighted by Gasteiger charge is -2.08. The lowest BCUT2D eigenvalue weighted by Crippen LogP contribution is -2.00. The molecule has 0 aliphatic carbocycles. The summed E-state index contributed by atoms with van der Waals surface area (Å²) < 4.78 is 0. The van der Waals surface area contributed by atoms with Crippen molar-refractivity contribution in [3.63, 3.8) is 0 Å². The zero-order chi connectivity index (χ0) is 12.0. The summed E-state index contributed by atoms with van der Waals surface area (Å²) in [5, 5.41) is 8.91. The summed E-state index contributed by atoms with van der Waals surface area (Å²) in [5.74, 6) is 0.865. The van der Waals surface area contributed by atoms with Crippen molar-refractivity contribution >= 4 is 0 Å². The van der Waals surface area contributed by atoms with Gasteiger partial charge in [-0.1, -0.05) is 45.0 Å². The minimum absolute atomic E-state index is 0.163. The number of nitriles is 1. The maximum Gasteiger partial charge on any atom is 0.0659 e. The summed E-state index contributed by atoms with van der Waals surface area (Å²) in [6.45, 7) is 6.54. The van der Waals surface area contributed by atoms with Crippen LogP contribution in [-0.2, 0) is 12.8 Å². The van der Waals surface area contributed by atoms with E-state index in [4.69, 9.17) is 5.26 Å². The molecule has 0 aliphatic heterocycles. The van der Waals surface area contributed by atoms with Crippen molar-refractivity contribution in [1.29, 1.82) is 5.26 Å². The Morgan fingerprint density at radius 1 is 1.06 bits per heavy atom. The Morgan fingerprint density at radius 3 is 1.94 bits per heavy atom. The maximum absolute atomic E-state index is 8.91. The molecule has 0 saturated carbocycles. The molecule has 16 heavy (non-hydrogen) atoms. The molecule has 86 valence electrons. The van der Waals surface area contributed by atoms with E-state index in [1.54, 1.807) is 0 Å². The summed E-state index contributed by atoms with van der Waals surface area (Å²) in [5.41, 5.74) is 2.67. The van der Waals surface area contributed by atoms with E-state index in [1.165, 1.54) is 11.1 Å². The van der Waals surface area contributed by atoms with Crippen LogP contribution in [0.3, 0.4) is 0 Å². The fraction of sp³-hybridized carbons (Fsp3) is 0.533. The van der Waals surface area contributed by atoms with Gasteiger partial charge in [-0.2, -0.15) is 5.26 Å². The average Bonchev–Trinajstić information content (AvgIpc) is 2.27. The minimum Gasteiger partial charge on any atom is -0.198 e. The van der Waals surface area contributed by atoms with Crippen LogP contribution in [0.25, 0.3) is 0 Å². The molecule has 0 amide bonds. The summed E-state index contributed by atoms with van der Waals surface area (Å²) in [6, 6.07) is 11.1. The smallest absolute Gasteiger partial charge is 0.0659 e. The first-order valence-electron chi connectivity index (χ1n) is 6.13. The van der Waals surface area contributed by atoms with Crippen LogP contribution in [0.1, 0.15) is 38.3 Å². The molecule has 0 bridgehead atoms. The summed E-state index contributed by atoms with van der Waals surface area (Å²) >= 11 is 0. The van der Waals surface area contributed by atoms with Crippen LogP contribution in [0.2, 0.25) is 0 Å². The van der Waals surface area contributed by atoms with Gasteiger partial charge in [-0.05, 0) is 36.3 Å². The molecule has 0 aromatic heterocycles. The van der Waals surface area contributed by atoms with Gasteiger partial charge in [-0.25, -0.2) is 0 Å². The first kappa shape index (κ1) is 12.8. The van der Waals surface area contributed by atoms with Crippen LogP contribution in [-0.4, -0.2) is 0 Å². The maximum atomic E-state index is 8.91. The van der Waals surface area contributed by atoms with Gasteiger partial charge in [0.2, 0.25) is 0 Å². The molecular weight excluding hydrogens is 194 g/mol. The van der Waals surface area contributed by atoms with Gasteiger partial charge in [-0.15, -0.1) is 0 Å². The van der Waals surface area contributed by atoms with E-state index in [2.05, 4.69) is 51.1 Å². The second-order valence-electron chi connectivity index (χ2n) is 4.85. The summed E-state index contributed by atoms with van der Waals surface area (Å²) in [6.07, 6.45) is 2.95. The molecule has 0 fully saturated rings. The van der Waals surface area contributed by atoms with E-state index >= 15 is 0 Å². The molecule has 1 atom stereocenters. The van der Waals surface area contributed by atoms with Crippen LogP contribution < -0.4 is 0 Å². The largest absolute Gasteiger partial charge is 0.198 e. The first-order valence-corrected chi connectivity index (χ1v) is 6.13. The second-order valence-corrected chi connectivity index (χ2v) is 4.85.